The quantitative estimate of drug-likeness (QED) is 0.345. The number of rotatable bonds is 4. The van der Waals surface area contributed by atoms with Crippen molar-refractivity contribution in [3.05, 3.63) is 120 Å². The topological polar surface area (TPSA) is 0 Å². The third-order valence-electron chi connectivity index (χ3n) is 6.38. The molecule has 0 bridgehead atoms. The minimum absolute atomic E-state index is 1.34. The molecule has 0 spiro atoms. The lowest BCUT2D eigenvalue weighted by Gasteiger charge is -2.61. The molecule has 0 nitrogen and oxygen atoms in total. The first kappa shape index (κ1) is 18.6. The van der Waals surface area contributed by atoms with Gasteiger partial charge < -0.3 is 0 Å². The molecule has 4 aromatic carbocycles. The zero-order valence-electron chi connectivity index (χ0n) is 16.8. The van der Waals surface area contributed by atoms with Crippen molar-refractivity contribution in [1.82, 2.24) is 0 Å². The zero-order valence-corrected chi connectivity index (χ0v) is 17.7. The minimum Gasteiger partial charge on any atom is -0.202 e. The van der Waals surface area contributed by atoms with Crippen LogP contribution >= 0.6 is 9.16 Å². The van der Waals surface area contributed by atoms with Crippen molar-refractivity contribution < 1.29 is 0 Å². The van der Waals surface area contributed by atoms with Crippen LogP contribution in [0.1, 0.15) is 11.1 Å². The Morgan fingerprint density at radius 2 is 0.857 bits per heavy atom. The Morgan fingerprint density at radius 1 is 0.464 bits per heavy atom. The van der Waals surface area contributed by atoms with Crippen LogP contribution in [-0.4, -0.2) is 6.26 Å². The average Bonchev–Trinajstić information content (AvgIpc) is 2.77. The van der Waals surface area contributed by atoms with Crippen LogP contribution in [0.15, 0.2) is 129 Å². The number of thiol groups is 1. The zero-order chi connectivity index (χ0) is 19.6. The number of hydrogen-bond donors (Lipinski definition) is 1. The molecule has 28 heavy (non-hydrogen) atoms. The maximum Gasteiger partial charge on any atom is -0.0109 e. The second-order valence-electron chi connectivity index (χ2n) is 7.79. The van der Waals surface area contributed by atoms with Gasteiger partial charge in [-0.25, -0.2) is 9.16 Å². The van der Waals surface area contributed by atoms with E-state index >= 15 is 0 Å². The summed E-state index contributed by atoms with van der Waals surface area (Å²) < 4.78 is 0. The molecule has 0 saturated carbocycles. The molecule has 4 rings (SSSR count). The smallest absolute Gasteiger partial charge is 0.0109 e. The second kappa shape index (κ2) is 7.00. The molecule has 0 N–H and O–H groups in total. The molecule has 0 radical (unpaired) electrons. The molecule has 0 aliphatic carbocycles. The summed E-state index contributed by atoms with van der Waals surface area (Å²) in [5.41, 5.74) is 2.73. The maximum atomic E-state index is 2.52. The van der Waals surface area contributed by atoms with E-state index in [1.165, 1.54) is 30.7 Å². The van der Waals surface area contributed by atoms with E-state index in [0.717, 1.165) is 0 Å². The predicted molar refractivity (Wildman–Crippen MR) is 123 cm³/mol. The lowest BCUT2D eigenvalue weighted by molar-refractivity contribution is 1.14. The standard InChI is InChI=1S/C27H28S/c1-22-14-13-21-27(23(22)2)28(3,24-15-7-4-8-16-24,25-17-9-5-10-18-25)26-19-11-6-12-20-26/h4-21,28H,1-3H3. The van der Waals surface area contributed by atoms with Crippen molar-refractivity contribution >= 4 is 9.16 Å². The molecule has 0 aliphatic heterocycles. The summed E-state index contributed by atoms with van der Waals surface area (Å²) in [6, 6.07) is 40.1. The molecule has 142 valence electrons. The molecule has 0 atom stereocenters. The van der Waals surface area contributed by atoms with Gasteiger partial charge in [0.25, 0.3) is 0 Å². The Morgan fingerprint density at radius 3 is 1.25 bits per heavy atom. The number of aryl methyl sites for hydroxylation is 1. The number of hydrogen-bond acceptors (Lipinski definition) is 0. The normalized spacial score (nSPS) is 12.9. The first-order chi connectivity index (χ1) is 13.6. The van der Waals surface area contributed by atoms with Gasteiger partial charge in [0.2, 0.25) is 0 Å². The van der Waals surface area contributed by atoms with Crippen LogP contribution in [0.25, 0.3) is 0 Å². The van der Waals surface area contributed by atoms with E-state index in [0.29, 0.717) is 0 Å². The van der Waals surface area contributed by atoms with Gasteiger partial charge >= 0.3 is 0 Å². The van der Waals surface area contributed by atoms with Crippen LogP contribution in [0, 0.1) is 13.8 Å². The highest BCUT2D eigenvalue weighted by Gasteiger charge is 2.44. The Kier molecular flexibility index (Phi) is 4.64. The first-order valence-electron chi connectivity index (χ1n) is 9.82. The van der Waals surface area contributed by atoms with E-state index in [-0.39, 0.29) is 0 Å². The van der Waals surface area contributed by atoms with E-state index in [9.17, 15) is 0 Å². The van der Waals surface area contributed by atoms with Gasteiger partial charge in [-0.1, -0.05) is 109 Å². The summed E-state index contributed by atoms with van der Waals surface area (Å²) in [7, 11) is -2.90. The molecule has 0 aliphatic rings. The molecule has 0 saturated heterocycles. The molecule has 0 heterocycles. The highest BCUT2D eigenvalue weighted by molar-refractivity contribution is 8.49. The SMILES string of the molecule is Cc1cccc([SH](C)(c2ccccc2)(c2ccccc2)c2ccccc2)c1C. The molecule has 4 aromatic rings. The molecule has 1 heteroatoms. The molecular weight excluding hydrogens is 356 g/mol. The van der Waals surface area contributed by atoms with Crippen molar-refractivity contribution in [3.8, 4) is 0 Å². The van der Waals surface area contributed by atoms with E-state index < -0.39 is 9.16 Å². The lowest BCUT2D eigenvalue weighted by atomic mass is 10.1. The third kappa shape index (κ3) is 2.54. The van der Waals surface area contributed by atoms with Gasteiger partial charge in [-0.15, -0.1) is 0 Å². The largest absolute Gasteiger partial charge is 0.202 e. The van der Waals surface area contributed by atoms with Crippen LogP contribution in [-0.2, 0) is 0 Å². The number of benzene rings is 4. The van der Waals surface area contributed by atoms with Crippen LogP contribution in [0.2, 0.25) is 0 Å². The summed E-state index contributed by atoms with van der Waals surface area (Å²) in [6.07, 6.45) is 2.52. The fraction of sp³-hybridized carbons (Fsp3) is 0.111. The summed E-state index contributed by atoms with van der Waals surface area (Å²) in [5.74, 6) is 0. The van der Waals surface area contributed by atoms with Gasteiger partial charge in [0.05, 0.1) is 0 Å². The van der Waals surface area contributed by atoms with Crippen molar-refractivity contribution in [1.29, 1.82) is 0 Å². The summed E-state index contributed by atoms with van der Waals surface area (Å²) in [6.45, 7) is 4.51. The molecular formula is C27H28S. The van der Waals surface area contributed by atoms with E-state index in [2.05, 4.69) is 129 Å². The van der Waals surface area contributed by atoms with Crippen LogP contribution in [0.4, 0.5) is 0 Å². The monoisotopic (exact) mass is 384 g/mol. The van der Waals surface area contributed by atoms with Gasteiger partial charge in [-0.3, -0.25) is 0 Å². The highest BCUT2D eigenvalue weighted by atomic mass is 32.3. The predicted octanol–water partition coefficient (Wildman–Crippen LogP) is 7.54. The first-order valence-corrected chi connectivity index (χ1v) is 12.5. The third-order valence-corrected chi connectivity index (χ3v) is 12.8. The van der Waals surface area contributed by atoms with Crippen LogP contribution < -0.4 is 0 Å². The van der Waals surface area contributed by atoms with Crippen LogP contribution in [0.3, 0.4) is 0 Å². The van der Waals surface area contributed by atoms with Crippen molar-refractivity contribution in [2.75, 3.05) is 6.26 Å². The van der Waals surface area contributed by atoms with Gasteiger partial charge in [0.15, 0.2) is 0 Å². The summed E-state index contributed by atoms with van der Waals surface area (Å²) in [5, 5.41) is 0. The molecule has 0 unspecified atom stereocenters. The fourth-order valence-electron chi connectivity index (χ4n) is 4.61. The van der Waals surface area contributed by atoms with Gasteiger partial charge in [-0.2, -0.15) is 0 Å². The van der Waals surface area contributed by atoms with E-state index in [1.807, 2.05) is 0 Å². The van der Waals surface area contributed by atoms with Crippen molar-refractivity contribution in [3.63, 3.8) is 0 Å². The Bertz CT molecular complexity index is 984. The van der Waals surface area contributed by atoms with Gasteiger partial charge in [-0.05, 0) is 50.8 Å². The molecule has 0 aromatic heterocycles. The fourth-order valence-corrected chi connectivity index (χ4v) is 10.6. The minimum atomic E-state index is -2.90. The Balaban J connectivity index is 2.28. The molecule has 0 amide bonds. The van der Waals surface area contributed by atoms with Crippen molar-refractivity contribution in [2.45, 2.75) is 33.4 Å². The van der Waals surface area contributed by atoms with Crippen LogP contribution in [0.5, 0.6) is 0 Å². The Labute approximate surface area is 169 Å². The van der Waals surface area contributed by atoms with E-state index in [4.69, 9.17) is 0 Å². The summed E-state index contributed by atoms with van der Waals surface area (Å²) >= 11 is 0. The van der Waals surface area contributed by atoms with E-state index in [1.54, 1.807) is 0 Å². The van der Waals surface area contributed by atoms with Crippen molar-refractivity contribution in [2.24, 2.45) is 0 Å². The maximum absolute atomic E-state index is 2.90. The Hall–Kier alpha value is -2.77. The molecule has 0 fully saturated rings. The summed E-state index contributed by atoms with van der Waals surface area (Å²) in [4.78, 5) is 5.66. The van der Waals surface area contributed by atoms with Gasteiger partial charge in [0.1, 0.15) is 0 Å². The van der Waals surface area contributed by atoms with Gasteiger partial charge in [0, 0.05) is 0 Å². The lowest BCUT2D eigenvalue weighted by Crippen LogP contribution is -2.21. The second-order valence-corrected chi connectivity index (χ2v) is 13.0. The average molecular weight is 385 g/mol. The highest BCUT2D eigenvalue weighted by Crippen LogP contribution is 2.88.